The van der Waals surface area contributed by atoms with Crippen molar-refractivity contribution >= 4 is 56.7 Å². The topological polar surface area (TPSA) is 127 Å². The van der Waals surface area contributed by atoms with Crippen molar-refractivity contribution in [1.29, 1.82) is 0 Å². The van der Waals surface area contributed by atoms with Gasteiger partial charge in [0.05, 0.1) is 36.0 Å². The maximum absolute atomic E-state index is 6.07. The number of fused-ring (bicyclic) bond motifs is 2. The molecule has 2 atom stereocenters. The fourth-order valence-electron chi connectivity index (χ4n) is 6.98. The van der Waals surface area contributed by atoms with Gasteiger partial charge in [-0.15, -0.1) is 0 Å². The number of rotatable bonds is 12. The number of methoxy groups -OCH3 is 1. The van der Waals surface area contributed by atoms with E-state index in [0.717, 1.165) is 106 Å². The standard InChI is InChI=1S/C41H44N8O3/c1-25-15-16-26(2)35(21-25)46-41-47-36-22-27(17-18-32(36)39(49-41)43-24-29-10-8-20-52-29)30-12-6-14-34(37(30)50-3)45-40-44-33-13-5-4-11-31(33)38(48-40)42-23-28-9-7-19-51-28/h4-6,11-18,21-22,28-29H,7-10,19-20,23-24H2,1-3H3,(H2,42,44,45,48)(H2,43,46,47,49). The zero-order chi connectivity index (χ0) is 35.4. The Bertz CT molecular complexity index is 2220. The lowest BCUT2D eigenvalue weighted by Gasteiger charge is -2.18. The zero-order valence-electron chi connectivity index (χ0n) is 29.8. The molecular formula is C41H44N8O3. The fraction of sp³-hybridized carbons (Fsp3) is 0.317. The summed E-state index contributed by atoms with van der Waals surface area (Å²) in [6.07, 6.45) is 4.60. The van der Waals surface area contributed by atoms with Crippen LogP contribution >= 0.6 is 0 Å². The van der Waals surface area contributed by atoms with Crippen molar-refractivity contribution in [3.8, 4) is 16.9 Å². The number of hydrogen-bond donors (Lipinski definition) is 4. The van der Waals surface area contributed by atoms with E-state index in [1.807, 2.05) is 42.5 Å². The van der Waals surface area contributed by atoms with Crippen LogP contribution in [0.15, 0.2) is 78.9 Å². The predicted molar refractivity (Wildman–Crippen MR) is 208 cm³/mol. The van der Waals surface area contributed by atoms with Gasteiger partial charge in [0, 0.05) is 48.3 Å². The van der Waals surface area contributed by atoms with Crippen LogP contribution in [0, 0.1) is 13.8 Å². The van der Waals surface area contributed by atoms with Crippen molar-refractivity contribution in [2.24, 2.45) is 0 Å². The van der Waals surface area contributed by atoms with Crippen LogP contribution in [0.3, 0.4) is 0 Å². The molecule has 4 aromatic carbocycles. The van der Waals surface area contributed by atoms with Crippen LogP contribution in [0.5, 0.6) is 5.75 Å². The summed E-state index contributed by atoms with van der Waals surface area (Å²) in [4.78, 5) is 19.7. The molecule has 8 rings (SSSR count). The molecule has 4 N–H and O–H groups in total. The number of anilines is 6. The summed E-state index contributed by atoms with van der Waals surface area (Å²) in [6.45, 7) is 7.15. The van der Waals surface area contributed by atoms with Crippen LogP contribution in [-0.2, 0) is 9.47 Å². The molecule has 52 heavy (non-hydrogen) atoms. The normalized spacial score (nSPS) is 17.1. The summed E-state index contributed by atoms with van der Waals surface area (Å²) in [5, 5.41) is 15.9. The molecule has 2 fully saturated rings. The van der Waals surface area contributed by atoms with Crippen molar-refractivity contribution in [2.75, 3.05) is 54.7 Å². The lowest BCUT2D eigenvalue weighted by molar-refractivity contribution is 0.120. The van der Waals surface area contributed by atoms with E-state index < -0.39 is 0 Å². The Morgan fingerprint density at radius 3 is 2.04 bits per heavy atom. The van der Waals surface area contributed by atoms with Gasteiger partial charge in [-0.2, -0.15) is 9.97 Å². The Labute approximate surface area is 303 Å². The van der Waals surface area contributed by atoms with E-state index in [0.29, 0.717) is 30.7 Å². The number of ether oxygens (including phenoxy) is 3. The number of aromatic nitrogens is 4. The van der Waals surface area contributed by atoms with E-state index in [1.54, 1.807) is 7.11 Å². The molecule has 0 saturated carbocycles. The molecule has 0 spiro atoms. The maximum atomic E-state index is 6.07. The maximum Gasteiger partial charge on any atom is 0.229 e. The largest absolute Gasteiger partial charge is 0.494 e. The smallest absolute Gasteiger partial charge is 0.229 e. The van der Waals surface area contributed by atoms with E-state index >= 15 is 0 Å². The molecular weight excluding hydrogens is 653 g/mol. The third-order valence-corrected chi connectivity index (χ3v) is 9.76. The first-order valence-electron chi connectivity index (χ1n) is 18.1. The molecule has 2 saturated heterocycles. The molecule has 0 amide bonds. The van der Waals surface area contributed by atoms with Gasteiger partial charge < -0.3 is 35.5 Å². The highest BCUT2D eigenvalue weighted by Crippen LogP contribution is 2.39. The Balaban J connectivity index is 1.13. The first-order chi connectivity index (χ1) is 25.5. The second-order valence-electron chi connectivity index (χ2n) is 13.5. The van der Waals surface area contributed by atoms with Crippen LogP contribution in [0.2, 0.25) is 0 Å². The van der Waals surface area contributed by atoms with Gasteiger partial charge in [-0.05, 0) is 92.6 Å². The van der Waals surface area contributed by atoms with Gasteiger partial charge in [-0.1, -0.05) is 42.5 Å². The fourth-order valence-corrected chi connectivity index (χ4v) is 6.98. The Morgan fingerprint density at radius 2 is 1.35 bits per heavy atom. The molecule has 2 aliphatic rings. The summed E-state index contributed by atoms with van der Waals surface area (Å²) in [7, 11) is 1.68. The molecule has 11 nitrogen and oxygen atoms in total. The molecule has 2 unspecified atom stereocenters. The van der Waals surface area contributed by atoms with E-state index in [2.05, 4.69) is 71.5 Å². The van der Waals surface area contributed by atoms with Crippen molar-refractivity contribution in [1.82, 2.24) is 19.9 Å². The highest BCUT2D eigenvalue weighted by atomic mass is 16.5. The van der Waals surface area contributed by atoms with Gasteiger partial charge >= 0.3 is 0 Å². The number of aryl methyl sites for hydroxylation is 2. The quantitative estimate of drug-likeness (QED) is 0.0983. The SMILES string of the molecule is COc1c(Nc2nc(NCC3CCCO3)c3ccccc3n2)cccc1-c1ccc2c(NCC3CCCO3)nc(Nc3cc(C)ccc3C)nc2c1. The summed E-state index contributed by atoms with van der Waals surface area (Å²) in [5.74, 6) is 3.20. The highest BCUT2D eigenvalue weighted by molar-refractivity contribution is 5.95. The third-order valence-electron chi connectivity index (χ3n) is 9.76. The van der Waals surface area contributed by atoms with Crippen LogP contribution < -0.4 is 26.0 Å². The number of nitrogens with one attached hydrogen (secondary N) is 4. The minimum absolute atomic E-state index is 0.166. The van der Waals surface area contributed by atoms with E-state index in [-0.39, 0.29) is 12.2 Å². The molecule has 0 bridgehead atoms. The molecule has 2 aliphatic heterocycles. The van der Waals surface area contributed by atoms with Crippen molar-refractivity contribution < 1.29 is 14.2 Å². The number of benzene rings is 4. The second-order valence-corrected chi connectivity index (χ2v) is 13.5. The lowest BCUT2D eigenvalue weighted by Crippen LogP contribution is -2.19. The molecule has 0 aliphatic carbocycles. The summed E-state index contributed by atoms with van der Waals surface area (Å²) < 4.78 is 17.8. The Hall–Kier alpha value is -5.52. The summed E-state index contributed by atoms with van der Waals surface area (Å²) in [6, 6.07) is 26.6. The van der Waals surface area contributed by atoms with E-state index in [4.69, 9.17) is 34.1 Å². The third kappa shape index (κ3) is 7.28. The molecule has 2 aromatic heterocycles. The first-order valence-corrected chi connectivity index (χ1v) is 18.1. The van der Waals surface area contributed by atoms with E-state index in [9.17, 15) is 0 Å². The minimum Gasteiger partial charge on any atom is -0.494 e. The second kappa shape index (κ2) is 15.0. The zero-order valence-corrected chi connectivity index (χ0v) is 29.8. The number of nitrogens with zero attached hydrogens (tertiary/aromatic N) is 4. The lowest BCUT2D eigenvalue weighted by atomic mass is 10.0. The average Bonchev–Trinajstić information content (AvgIpc) is 3.89. The van der Waals surface area contributed by atoms with Gasteiger partial charge in [0.2, 0.25) is 11.9 Å². The molecule has 0 radical (unpaired) electrons. The first kappa shape index (κ1) is 33.6. The molecule has 4 heterocycles. The monoisotopic (exact) mass is 696 g/mol. The Kier molecular flexibility index (Phi) is 9.69. The average molecular weight is 697 g/mol. The predicted octanol–water partition coefficient (Wildman–Crippen LogP) is 8.53. The van der Waals surface area contributed by atoms with Crippen LogP contribution in [0.1, 0.15) is 36.8 Å². The summed E-state index contributed by atoms with van der Waals surface area (Å²) >= 11 is 0. The van der Waals surface area contributed by atoms with Gasteiger partial charge in [-0.3, -0.25) is 0 Å². The van der Waals surface area contributed by atoms with Gasteiger partial charge in [-0.25, -0.2) is 9.97 Å². The van der Waals surface area contributed by atoms with Crippen molar-refractivity contribution in [2.45, 2.75) is 51.7 Å². The minimum atomic E-state index is 0.166. The van der Waals surface area contributed by atoms with Gasteiger partial charge in [0.25, 0.3) is 0 Å². The number of hydrogen-bond acceptors (Lipinski definition) is 11. The molecule has 266 valence electrons. The highest BCUT2D eigenvalue weighted by Gasteiger charge is 2.20. The van der Waals surface area contributed by atoms with Gasteiger partial charge in [0.15, 0.2) is 0 Å². The van der Waals surface area contributed by atoms with Crippen molar-refractivity contribution in [3.63, 3.8) is 0 Å². The van der Waals surface area contributed by atoms with Crippen LogP contribution in [0.25, 0.3) is 32.9 Å². The molecule has 6 aromatic rings. The number of para-hydroxylation sites is 2. The molecule has 11 heteroatoms. The van der Waals surface area contributed by atoms with Crippen molar-refractivity contribution in [3.05, 3.63) is 90.0 Å². The van der Waals surface area contributed by atoms with Gasteiger partial charge in [0.1, 0.15) is 17.4 Å². The van der Waals surface area contributed by atoms with Crippen LogP contribution in [0.4, 0.5) is 34.9 Å². The Morgan fingerprint density at radius 1 is 0.673 bits per heavy atom. The van der Waals surface area contributed by atoms with Crippen LogP contribution in [-0.4, -0.2) is 65.6 Å². The summed E-state index contributed by atoms with van der Waals surface area (Å²) in [5.41, 5.74) is 7.50. The van der Waals surface area contributed by atoms with E-state index in [1.165, 1.54) is 0 Å².